The molecule has 58 heavy (non-hydrogen) atoms. The van der Waals surface area contributed by atoms with Gasteiger partial charge >= 0.3 is 0 Å². The predicted molar refractivity (Wildman–Crippen MR) is 237 cm³/mol. The highest BCUT2D eigenvalue weighted by atomic mass is 35.5. The van der Waals surface area contributed by atoms with Gasteiger partial charge in [-0.3, -0.25) is 4.98 Å². The molecule has 1 aliphatic heterocycles. The maximum atomic E-state index is 12.4. The van der Waals surface area contributed by atoms with E-state index in [2.05, 4.69) is 11.1 Å². The molecule has 0 radical (unpaired) electrons. The highest BCUT2D eigenvalue weighted by Gasteiger charge is 2.25. The standard InChI is InChI=1S/C13H20N2O2S.C11H12N2.C10H16N2O2S.C9H12ClNO/c1-11(14)12-5-7-13(8-6-12)18(16,17)15-9-3-2-4-10-15;1-8(12)9-4-5-11-10(7-9)3-2-6-13-11;1-8(11)9-4-6-10(7-5-9)15(13,14)12(2)3;1-6(11)7-3-4-9(12-2)8(10)5-7/h5-8,11H,2-4,9-10,14H2,1H3;2-8H,12H2,1H3;4-8H,11H2,1-3H3;3-6H,11H2,1-2H3. The van der Waals surface area contributed by atoms with Crippen LogP contribution in [0.3, 0.4) is 0 Å². The number of methoxy groups -OCH3 is 1. The van der Waals surface area contributed by atoms with E-state index in [9.17, 15) is 16.8 Å². The molecule has 0 spiro atoms. The van der Waals surface area contributed by atoms with Crippen molar-refractivity contribution in [3.05, 3.63) is 131 Å². The summed E-state index contributed by atoms with van der Waals surface area (Å²) in [5.41, 5.74) is 28.0. The highest BCUT2D eigenvalue weighted by molar-refractivity contribution is 7.89. The summed E-state index contributed by atoms with van der Waals surface area (Å²) in [6.45, 7) is 8.91. The van der Waals surface area contributed by atoms with Crippen LogP contribution in [0.5, 0.6) is 5.75 Å². The van der Waals surface area contributed by atoms with Crippen molar-refractivity contribution in [3.63, 3.8) is 0 Å². The lowest BCUT2D eigenvalue weighted by Gasteiger charge is -2.26. The number of nitrogens with zero attached hydrogens (tertiary/aromatic N) is 3. The summed E-state index contributed by atoms with van der Waals surface area (Å²) >= 11 is 5.89. The van der Waals surface area contributed by atoms with Gasteiger partial charge in [-0.1, -0.05) is 60.5 Å². The Morgan fingerprint density at radius 3 is 1.59 bits per heavy atom. The molecule has 8 N–H and O–H groups in total. The predicted octanol–water partition coefficient (Wildman–Crippen LogP) is 7.46. The quantitative estimate of drug-likeness (QED) is 0.115. The van der Waals surface area contributed by atoms with E-state index in [4.69, 9.17) is 39.3 Å². The Bertz CT molecular complexity index is 2250. The first kappa shape index (κ1) is 48.4. The van der Waals surface area contributed by atoms with Gasteiger partial charge in [-0.25, -0.2) is 21.1 Å². The van der Waals surface area contributed by atoms with Gasteiger partial charge in [0.1, 0.15) is 5.75 Å². The number of rotatable bonds is 9. The molecule has 12 nitrogen and oxygen atoms in total. The molecule has 6 rings (SSSR count). The van der Waals surface area contributed by atoms with Crippen LogP contribution < -0.4 is 27.7 Å². The first-order valence-corrected chi connectivity index (χ1v) is 22.4. The summed E-state index contributed by atoms with van der Waals surface area (Å²) in [4.78, 5) is 4.90. The molecular formula is C43H60ClN7O5S2. The molecule has 0 saturated carbocycles. The fraction of sp³-hybridized carbons (Fsp3) is 0.372. The van der Waals surface area contributed by atoms with Gasteiger partial charge in [-0.2, -0.15) is 4.31 Å². The molecule has 0 amide bonds. The number of ether oxygens (including phenoxy) is 1. The van der Waals surface area contributed by atoms with Crippen molar-refractivity contribution in [2.75, 3.05) is 34.3 Å². The zero-order valence-corrected chi connectivity index (χ0v) is 36.9. The molecule has 316 valence electrons. The molecule has 15 heteroatoms. The van der Waals surface area contributed by atoms with Crippen LogP contribution in [-0.4, -0.2) is 64.7 Å². The molecule has 0 aliphatic carbocycles. The van der Waals surface area contributed by atoms with Gasteiger partial charge in [0.05, 0.1) is 27.4 Å². The minimum atomic E-state index is -3.33. The first-order chi connectivity index (χ1) is 27.3. The fourth-order valence-electron chi connectivity index (χ4n) is 5.70. The largest absolute Gasteiger partial charge is 0.495 e. The van der Waals surface area contributed by atoms with Gasteiger partial charge in [0.25, 0.3) is 0 Å². The van der Waals surface area contributed by atoms with Gasteiger partial charge in [0.15, 0.2) is 0 Å². The smallest absolute Gasteiger partial charge is 0.243 e. The zero-order chi connectivity index (χ0) is 43.2. The van der Waals surface area contributed by atoms with E-state index < -0.39 is 20.0 Å². The summed E-state index contributed by atoms with van der Waals surface area (Å²) in [7, 11) is -2.03. The molecule has 0 bridgehead atoms. The third kappa shape index (κ3) is 13.8. The fourth-order valence-corrected chi connectivity index (χ4v) is 8.38. The molecular weight excluding hydrogens is 794 g/mol. The number of nitrogens with two attached hydrogens (primary N) is 4. The molecule has 4 atom stereocenters. The molecule has 4 aromatic carbocycles. The molecule has 1 fully saturated rings. The number of hydrogen-bond donors (Lipinski definition) is 4. The van der Waals surface area contributed by atoms with Gasteiger partial charge in [0.2, 0.25) is 20.0 Å². The third-order valence-corrected chi connectivity index (χ3v) is 13.4. The Morgan fingerprint density at radius 2 is 1.12 bits per heavy atom. The second kappa shape index (κ2) is 22.4. The Morgan fingerprint density at radius 1 is 0.655 bits per heavy atom. The number of pyridine rings is 1. The van der Waals surface area contributed by atoms with Crippen molar-refractivity contribution in [1.82, 2.24) is 13.6 Å². The summed E-state index contributed by atoms with van der Waals surface area (Å²) in [5, 5.41) is 1.75. The van der Waals surface area contributed by atoms with Gasteiger partial charge in [-0.05, 0) is 117 Å². The highest BCUT2D eigenvalue weighted by Crippen LogP contribution is 2.27. The number of benzene rings is 4. The first-order valence-electron chi connectivity index (χ1n) is 19.1. The lowest BCUT2D eigenvalue weighted by atomic mass is 10.1. The minimum absolute atomic E-state index is 0.00778. The number of halogens is 1. The van der Waals surface area contributed by atoms with Crippen LogP contribution in [0.2, 0.25) is 5.02 Å². The normalized spacial score (nSPS) is 15.3. The van der Waals surface area contributed by atoms with Crippen LogP contribution in [0.15, 0.2) is 113 Å². The Kier molecular flexibility index (Phi) is 18.7. The Hall–Kier alpha value is -3.96. The maximum Gasteiger partial charge on any atom is 0.243 e. The van der Waals surface area contributed by atoms with Crippen LogP contribution in [0.4, 0.5) is 0 Å². The van der Waals surface area contributed by atoms with Crippen LogP contribution in [0, 0.1) is 0 Å². The summed E-state index contributed by atoms with van der Waals surface area (Å²) in [6.07, 6.45) is 4.83. The number of hydrogen-bond acceptors (Lipinski definition) is 10. The van der Waals surface area contributed by atoms with E-state index in [0.29, 0.717) is 28.8 Å². The molecule has 4 unspecified atom stereocenters. The number of fused-ring (bicyclic) bond motifs is 1. The molecule has 2 heterocycles. The van der Waals surface area contributed by atoms with Crippen LogP contribution in [0.25, 0.3) is 10.9 Å². The minimum Gasteiger partial charge on any atom is -0.495 e. The second-order valence-electron chi connectivity index (χ2n) is 14.4. The van der Waals surface area contributed by atoms with E-state index in [1.165, 1.54) is 18.4 Å². The van der Waals surface area contributed by atoms with Crippen molar-refractivity contribution in [2.24, 2.45) is 22.9 Å². The third-order valence-electron chi connectivity index (χ3n) is 9.40. The average molecular weight is 855 g/mol. The second-order valence-corrected chi connectivity index (χ2v) is 18.9. The maximum absolute atomic E-state index is 12.4. The summed E-state index contributed by atoms with van der Waals surface area (Å²) in [5.74, 6) is 0.682. The van der Waals surface area contributed by atoms with Gasteiger partial charge in [-0.15, -0.1) is 0 Å². The van der Waals surface area contributed by atoms with E-state index >= 15 is 0 Å². The number of aromatic nitrogens is 1. The van der Waals surface area contributed by atoms with Crippen molar-refractivity contribution < 1.29 is 21.6 Å². The van der Waals surface area contributed by atoms with E-state index in [1.54, 1.807) is 66.1 Å². The summed E-state index contributed by atoms with van der Waals surface area (Å²) < 4.78 is 55.9. The topological polar surface area (TPSA) is 201 Å². The van der Waals surface area contributed by atoms with Crippen molar-refractivity contribution in [1.29, 1.82) is 0 Å². The average Bonchev–Trinajstić information content (AvgIpc) is 3.21. The lowest BCUT2D eigenvalue weighted by Crippen LogP contribution is -2.35. The molecule has 1 saturated heterocycles. The zero-order valence-electron chi connectivity index (χ0n) is 34.5. The monoisotopic (exact) mass is 853 g/mol. The van der Waals surface area contributed by atoms with E-state index in [1.807, 2.05) is 70.2 Å². The van der Waals surface area contributed by atoms with Crippen molar-refractivity contribution in [2.45, 2.75) is 80.9 Å². The van der Waals surface area contributed by atoms with Gasteiger partial charge in [0, 0.05) is 62.9 Å². The SMILES string of the molecule is CC(N)c1ccc(S(=O)(=O)N(C)C)cc1.CC(N)c1ccc(S(=O)(=O)N2CCCCC2)cc1.CC(N)c1ccc2ncccc2c1.COc1ccc(C(C)N)cc1Cl. The van der Waals surface area contributed by atoms with Crippen LogP contribution >= 0.6 is 11.6 Å². The Labute approximate surface area is 350 Å². The Balaban J connectivity index is 0.000000209. The summed E-state index contributed by atoms with van der Waals surface area (Å²) in [6, 6.07) is 29.1. The molecule has 1 aliphatic rings. The number of piperidine rings is 1. The van der Waals surface area contributed by atoms with Crippen molar-refractivity contribution in [3.8, 4) is 5.75 Å². The molecule has 5 aromatic rings. The van der Waals surface area contributed by atoms with Crippen LogP contribution in [-0.2, 0) is 20.0 Å². The number of sulfonamides is 2. The van der Waals surface area contributed by atoms with Crippen molar-refractivity contribution >= 4 is 42.6 Å². The lowest BCUT2D eigenvalue weighted by molar-refractivity contribution is 0.346. The molecule has 1 aromatic heterocycles. The van der Waals surface area contributed by atoms with E-state index in [-0.39, 0.29) is 29.1 Å². The van der Waals surface area contributed by atoms with Crippen LogP contribution in [0.1, 0.15) is 93.4 Å². The van der Waals surface area contributed by atoms with Gasteiger partial charge < -0.3 is 27.7 Å². The van der Waals surface area contributed by atoms with E-state index in [0.717, 1.165) is 52.4 Å².